The van der Waals surface area contributed by atoms with Gasteiger partial charge in [-0.15, -0.1) is 0 Å². The van der Waals surface area contributed by atoms with Gasteiger partial charge in [-0.25, -0.2) is 8.42 Å². The third kappa shape index (κ3) is 31.6. The smallest absolute Gasteiger partial charge is 0.217 e. The van der Waals surface area contributed by atoms with Gasteiger partial charge in [0.15, 0.2) is 0 Å². The number of hydrogen-bond acceptors (Lipinski definition) is 4. The van der Waals surface area contributed by atoms with Crippen LogP contribution in [0.4, 0.5) is 0 Å². The van der Waals surface area contributed by atoms with Crippen LogP contribution in [0.5, 0.6) is 0 Å². The van der Waals surface area contributed by atoms with Crippen LogP contribution in [0.25, 0.3) is 0 Å². The lowest BCUT2D eigenvalue weighted by Crippen LogP contribution is -2.82. The van der Waals surface area contributed by atoms with Gasteiger partial charge in [-0.1, -0.05) is 90.4 Å². The van der Waals surface area contributed by atoms with Gasteiger partial charge in [-0.3, -0.25) is 4.18 Å². The molecule has 0 aliphatic carbocycles. The van der Waals surface area contributed by atoms with E-state index in [0.717, 1.165) is 12.8 Å². The summed E-state index contributed by atoms with van der Waals surface area (Å²) in [7, 11) is -4.49. The Balaban J connectivity index is 0. The molecule has 0 saturated carbocycles. The number of unbranched alkanes of at least 4 members (excludes halogenated alkanes) is 13. The third-order valence-corrected chi connectivity index (χ3v) is 4.76. The lowest BCUT2D eigenvalue weighted by molar-refractivity contribution is -0.648. The van der Waals surface area contributed by atoms with Gasteiger partial charge in [0, 0.05) is 0 Å². The minimum atomic E-state index is -4.49. The van der Waals surface area contributed by atoms with Crippen molar-refractivity contribution in [2.45, 2.75) is 111 Å². The molecule has 0 aromatic rings. The zero-order chi connectivity index (χ0) is 19.9. The molecule has 160 valence electrons. The largest absolute Gasteiger partial charge is 0.726 e. The van der Waals surface area contributed by atoms with Crippen LogP contribution >= 0.6 is 0 Å². The number of nitrogens with two attached hydrogens (primary N) is 1. The number of rotatable bonds is 18. The Bertz CT molecular complexity index is 346. The van der Waals surface area contributed by atoms with Crippen LogP contribution in [0.3, 0.4) is 0 Å². The Morgan fingerprint density at radius 3 is 1.27 bits per heavy atom. The SMILES string of the molecule is CCCCCCCCCCCCCCCCOS(=O)(=O)[O-].CC[NH2+]CC. The minimum absolute atomic E-state index is 0.0316. The molecule has 0 amide bonds. The highest BCUT2D eigenvalue weighted by Gasteiger charge is 1.96. The highest BCUT2D eigenvalue weighted by atomic mass is 32.3. The zero-order valence-electron chi connectivity index (χ0n) is 17.6. The summed E-state index contributed by atoms with van der Waals surface area (Å²) in [6, 6.07) is 0. The molecule has 0 aromatic heterocycles. The van der Waals surface area contributed by atoms with Crippen LogP contribution in [-0.4, -0.2) is 32.7 Å². The maximum absolute atomic E-state index is 10.2. The van der Waals surface area contributed by atoms with Gasteiger partial charge < -0.3 is 9.87 Å². The first kappa shape index (κ1) is 28.0. The van der Waals surface area contributed by atoms with Crippen LogP contribution in [0, 0.1) is 0 Å². The maximum Gasteiger partial charge on any atom is 0.217 e. The lowest BCUT2D eigenvalue weighted by atomic mass is 10.0. The van der Waals surface area contributed by atoms with Crippen LogP contribution in [0.15, 0.2) is 0 Å². The van der Waals surface area contributed by atoms with Gasteiger partial charge in [-0.05, 0) is 20.3 Å². The van der Waals surface area contributed by atoms with Crippen molar-refractivity contribution in [3.63, 3.8) is 0 Å². The molecule has 5 nitrogen and oxygen atoms in total. The van der Waals surface area contributed by atoms with Crippen molar-refractivity contribution in [2.75, 3.05) is 19.7 Å². The normalized spacial score (nSPS) is 11.2. The zero-order valence-corrected chi connectivity index (χ0v) is 18.5. The van der Waals surface area contributed by atoms with E-state index < -0.39 is 10.4 Å². The molecule has 0 aromatic carbocycles. The molecular weight excluding hydrogens is 350 g/mol. The molecule has 0 radical (unpaired) electrons. The van der Waals surface area contributed by atoms with E-state index in [2.05, 4.69) is 30.3 Å². The van der Waals surface area contributed by atoms with Crippen molar-refractivity contribution in [3.05, 3.63) is 0 Å². The molecule has 0 aliphatic heterocycles. The molecule has 6 heteroatoms. The summed E-state index contributed by atoms with van der Waals surface area (Å²) in [6.07, 6.45) is 17.4. The van der Waals surface area contributed by atoms with E-state index in [1.807, 2.05) is 0 Å². The van der Waals surface area contributed by atoms with E-state index in [1.54, 1.807) is 0 Å². The molecule has 0 aliphatic rings. The van der Waals surface area contributed by atoms with Crippen LogP contribution < -0.4 is 5.32 Å². The molecule has 0 fully saturated rings. The number of hydrogen-bond donors (Lipinski definition) is 1. The summed E-state index contributed by atoms with van der Waals surface area (Å²) in [4.78, 5) is 0. The fourth-order valence-corrected chi connectivity index (χ4v) is 3.07. The highest BCUT2D eigenvalue weighted by Crippen LogP contribution is 2.12. The summed E-state index contributed by atoms with van der Waals surface area (Å²) >= 11 is 0. The molecule has 0 unspecified atom stereocenters. The Morgan fingerprint density at radius 2 is 1.00 bits per heavy atom. The predicted molar refractivity (Wildman–Crippen MR) is 109 cm³/mol. The molecule has 0 spiro atoms. The topological polar surface area (TPSA) is 83.0 Å². The second-order valence-electron chi connectivity index (χ2n) is 6.93. The fourth-order valence-electron chi connectivity index (χ4n) is 2.75. The van der Waals surface area contributed by atoms with E-state index in [1.165, 1.54) is 83.7 Å². The molecular formula is C20H45NO4S. The first-order chi connectivity index (χ1) is 12.5. The van der Waals surface area contributed by atoms with E-state index in [0.29, 0.717) is 6.42 Å². The second kappa shape index (κ2) is 22.9. The quantitative estimate of drug-likeness (QED) is 0.210. The van der Waals surface area contributed by atoms with Crippen LogP contribution in [0.1, 0.15) is 111 Å². The van der Waals surface area contributed by atoms with Crippen molar-refractivity contribution >= 4 is 10.4 Å². The highest BCUT2D eigenvalue weighted by molar-refractivity contribution is 7.80. The monoisotopic (exact) mass is 395 g/mol. The minimum Gasteiger partial charge on any atom is -0.726 e. The standard InChI is InChI=1S/C16H34O4S.C4H11N/c1-2-3-4-5-6-7-8-9-10-11-12-13-14-15-16-20-21(17,18)19;1-3-5-4-2/h2-16H2,1H3,(H,17,18,19);5H,3-4H2,1-2H3. The van der Waals surface area contributed by atoms with Gasteiger partial charge in [0.25, 0.3) is 0 Å². The fraction of sp³-hybridized carbons (Fsp3) is 1.00. The van der Waals surface area contributed by atoms with E-state index in [4.69, 9.17) is 0 Å². The van der Waals surface area contributed by atoms with Gasteiger partial charge in [0.05, 0.1) is 19.7 Å². The second-order valence-corrected chi connectivity index (χ2v) is 7.98. The average molecular weight is 396 g/mol. The summed E-state index contributed by atoms with van der Waals surface area (Å²) < 4.78 is 34.7. The Labute approximate surface area is 163 Å². The van der Waals surface area contributed by atoms with Crippen molar-refractivity contribution in [1.82, 2.24) is 0 Å². The first-order valence-electron chi connectivity index (χ1n) is 10.9. The molecule has 0 heterocycles. The van der Waals surface area contributed by atoms with Crippen molar-refractivity contribution in [3.8, 4) is 0 Å². The molecule has 0 bridgehead atoms. The Kier molecular flexibility index (Phi) is 24.7. The first-order valence-corrected chi connectivity index (χ1v) is 12.2. The third-order valence-electron chi connectivity index (χ3n) is 4.30. The summed E-state index contributed by atoms with van der Waals surface area (Å²) in [5, 5.41) is 2.25. The predicted octanol–water partition coefficient (Wildman–Crippen LogP) is 4.53. The van der Waals surface area contributed by atoms with Gasteiger partial charge in [0.2, 0.25) is 10.4 Å². The van der Waals surface area contributed by atoms with Crippen molar-refractivity contribution in [1.29, 1.82) is 0 Å². The average Bonchev–Trinajstić information content (AvgIpc) is 2.58. The summed E-state index contributed by atoms with van der Waals surface area (Å²) in [5.74, 6) is 0. The van der Waals surface area contributed by atoms with Crippen LogP contribution in [0.2, 0.25) is 0 Å². The van der Waals surface area contributed by atoms with Crippen molar-refractivity contribution in [2.24, 2.45) is 0 Å². The van der Waals surface area contributed by atoms with Crippen molar-refractivity contribution < 1.29 is 22.5 Å². The van der Waals surface area contributed by atoms with E-state index >= 15 is 0 Å². The Hall–Kier alpha value is -0.170. The van der Waals surface area contributed by atoms with Gasteiger partial charge >= 0.3 is 0 Å². The lowest BCUT2D eigenvalue weighted by Gasteiger charge is -2.07. The Morgan fingerprint density at radius 1 is 0.654 bits per heavy atom. The molecule has 0 rings (SSSR count). The molecule has 0 atom stereocenters. The summed E-state index contributed by atoms with van der Waals surface area (Å²) in [5.41, 5.74) is 0. The molecule has 26 heavy (non-hydrogen) atoms. The molecule has 0 saturated heterocycles. The van der Waals surface area contributed by atoms with E-state index in [9.17, 15) is 13.0 Å². The maximum atomic E-state index is 10.2. The molecule has 2 N–H and O–H groups in total. The van der Waals surface area contributed by atoms with Gasteiger partial charge in [-0.2, -0.15) is 0 Å². The summed E-state index contributed by atoms with van der Waals surface area (Å²) in [6.45, 7) is 9.03. The number of quaternary nitrogens is 1. The van der Waals surface area contributed by atoms with Crippen LogP contribution in [-0.2, 0) is 14.6 Å². The van der Waals surface area contributed by atoms with Gasteiger partial charge in [0.1, 0.15) is 0 Å². The van der Waals surface area contributed by atoms with E-state index in [-0.39, 0.29) is 6.61 Å².